The molecule has 1 aromatic rings. The van der Waals surface area contributed by atoms with Crippen molar-refractivity contribution in [2.75, 3.05) is 5.32 Å². The Balaban J connectivity index is 3.20. The third kappa shape index (κ3) is 2.58. The highest BCUT2D eigenvalue weighted by Gasteiger charge is 2.13. The number of anilines is 1. The van der Waals surface area contributed by atoms with Gasteiger partial charge in [0.05, 0.1) is 11.3 Å². The molecule has 0 heterocycles. The highest BCUT2D eigenvalue weighted by molar-refractivity contribution is 9.10. The van der Waals surface area contributed by atoms with Crippen LogP contribution in [0.4, 0.5) is 5.69 Å². The summed E-state index contributed by atoms with van der Waals surface area (Å²) in [4.78, 5) is 21.8. The second kappa shape index (κ2) is 4.62. The maximum Gasteiger partial charge on any atom is 0.337 e. The number of carboxylic acid groups (broad SMARTS) is 1. The zero-order chi connectivity index (χ0) is 11.4. The van der Waals surface area contributed by atoms with E-state index in [-0.39, 0.29) is 11.3 Å². The van der Waals surface area contributed by atoms with E-state index in [1.54, 1.807) is 12.1 Å². The van der Waals surface area contributed by atoms with Gasteiger partial charge in [-0.05, 0) is 34.0 Å². The number of para-hydroxylation sites is 1. The molecule has 2 N–H and O–H groups in total. The van der Waals surface area contributed by atoms with Crippen LogP contribution in [0.3, 0.4) is 0 Å². The van der Waals surface area contributed by atoms with E-state index in [4.69, 9.17) is 11.5 Å². The molecule has 0 atom stereocenters. The normalized spacial score (nSPS) is 9.07. The fraction of sp³-hybridized carbons (Fsp3) is 0. The molecule has 0 fully saturated rings. The molecule has 0 bridgehead atoms. The molecule has 0 aromatic heterocycles. The van der Waals surface area contributed by atoms with Crippen molar-refractivity contribution in [1.82, 2.24) is 0 Å². The minimum absolute atomic E-state index is 0.0204. The Labute approximate surface area is 94.4 Å². The summed E-state index contributed by atoms with van der Waals surface area (Å²) in [6.07, 6.45) is 4.87. The van der Waals surface area contributed by atoms with E-state index in [1.165, 1.54) is 6.07 Å². The van der Waals surface area contributed by atoms with E-state index in [0.717, 1.165) is 0 Å². The molecule has 0 saturated heterocycles. The molecule has 0 saturated carbocycles. The van der Waals surface area contributed by atoms with Crippen LogP contribution >= 0.6 is 15.9 Å². The predicted octanol–water partition coefficient (Wildman–Crippen LogP) is 1.72. The molecular formula is C10H6BrNO3. The van der Waals surface area contributed by atoms with Gasteiger partial charge in [0.1, 0.15) is 0 Å². The van der Waals surface area contributed by atoms with Gasteiger partial charge in [0.25, 0.3) is 5.91 Å². The van der Waals surface area contributed by atoms with Gasteiger partial charge < -0.3 is 10.4 Å². The largest absolute Gasteiger partial charge is 0.478 e. The van der Waals surface area contributed by atoms with Crippen LogP contribution in [-0.2, 0) is 4.79 Å². The van der Waals surface area contributed by atoms with Gasteiger partial charge in [-0.3, -0.25) is 4.79 Å². The average Bonchev–Trinajstić information content (AvgIpc) is 2.20. The fourth-order valence-electron chi connectivity index (χ4n) is 0.979. The van der Waals surface area contributed by atoms with Crippen LogP contribution < -0.4 is 5.32 Å². The van der Waals surface area contributed by atoms with Gasteiger partial charge in [-0.1, -0.05) is 6.07 Å². The molecule has 0 aliphatic heterocycles. The van der Waals surface area contributed by atoms with Crippen molar-refractivity contribution in [1.29, 1.82) is 0 Å². The summed E-state index contributed by atoms with van der Waals surface area (Å²) in [6.45, 7) is 0. The summed E-state index contributed by atoms with van der Waals surface area (Å²) in [7, 11) is 0. The average molecular weight is 268 g/mol. The number of carboxylic acids is 1. The van der Waals surface area contributed by atoms with E-state index in [1.807, 2.05) is 5.92 Å². The lowest BCUT2D eigenvalue weighted by atomic mass is 10.2. The van der Waals surface area contributed by atoms with Gasteiger partial charge in [-0.15, -0.1) is 6.42 Å². The summed E-state index contributed by atoms with van der Waals surface area (Å²) >= 11 is 3.13. The number of amides is 1. The van der Waals surface area contributed by atoms with Gasteiger partial charge in [0.2, 0.25) is 0 Å². The quantitative estimate of drug-likeness (QED) is 0.802. The minimum atomic E-state index is -1.14. The van der Waals surface area contributed by atoms with E-state index in [0.29, 0.717) is 4.47 Å². The highest BCUT2D eigenvalue weighted by atomic mass is 79.9. The molecule has 1 rings (SSSR count). The summed E-state index contributed by atoms with van der Waals surface area (Å²) in [5.74, 6) is 0.0171. The predicted molar refractivity (Wildman–Crippen MR) is 58.6 cm³/mol. The Bertz CT molecular complexity index is 462. The number of hydrogen-bond acceptors (Lipinski definition) is 2. The van der Waals surface area contributed by atoms with Crippen molar-refractivity contribution < 1.29 is 14.7 Å². The number of carbonyl (C=O) groups is 2. The van der Waals surface area contributed by atoms with E-state index >= 15 is 0 Å². The summed E-state index contributed by atoms with van der Waals surface area (Å²) in [6, 6.07) is 4.54. The van der Waals surface area contributed by atoms with Crippen LogP contribution in [-0.4, -0.2) is 17.0 Å². The molecule has 0 aliphatic carbocycles. The van der Waals surface area contributed by atoms with Gasteiger partial charge in [-0.25, -0.2) is 4.79 Å². The minimum Gasteiger partial charge on any atom is -0.478 e. The maximum absolute atomic E-state index is 10.9. The molecule has 5 heteroatoms. The Morgan fingerprint density at radius 1 is 1.47 bits per heavy atom. The maximum atomic E-state index is 10.9. The van der Waals surface area contributed by atoms with Crippen LogP contribution in [0, 0.1) is 12.3 Å². The molecular weight excluding hydrogens is 262 g/mol. The van der Waals surface area contributed by atoms with Gasteiger partial charge in [0, 0.05) is 4.47 Å². The molecule has 0 aliphatic rings. The van der Waals surface area contributed by atoms with Gasteiger partial charge in [0.15, 0.2) is 0 Å². The van der Waals surface area contributed by atoms with Gasteiger partial charge >= 0.3 is 5.97 Å². The number of nitrogens with one attached hydrogen (secondary N) is 1. The number of rotatable bonds is 2. The first-order chi connectivity index (χ1) is 7.06. The smallest absolute Gasteiger partial charge is 0.337 e. The van der Waals surface area contributed by atoms with Crippen LogP contribution in [0.5, 0.6) is 0 Å². The molecule has 0 radical (unpaired) electrons. The van der Waals surface area contributed by atoms with Crippen LogP contribution in [0.15, 0.2) is 22.7 Å². The topological polar surface area (TPSA) is 66.4 Å². The van der Waals surface area contributed by atoms with Crippen molar-refractivity contribution in [3.63, 3.8) is 0 Å². The summed E-state index contributed by atoms with van der Waals surface area (Å²) < 4.78 is 0.464. The molecule has 0 unspecified atom stereocenters. The highest BCUT2D eigenvalue weighted by Crippen LogP contribution is 2.26. The second-order valence-corrected chi connectivity index (χ2v) is 3.42. The van der Waals surface area contributed by atoms with Crippen LogP contribution in [0.2, 0.25) is 0 Å². The second-order valence-electron chi connectivity index (χ2n) is 2.57. The van der Waals surface area contributed by atoms with Crippen LogP contribution in [0.1, 0.15) is 10.4 Å². The first-order valence-corrected chi connectivity index (χ1v) is 4.65. The van der Waals surface area contributed by atoms with E-state index < -0.39 is 11.9 Å². The molecule has 15 heavy (non-hydrogen) atoms. The number of aromatic carboxylic acids is 1. The zero-order valence-corrected chi connectivity index (χ0v) is 9.04. The monoisotopic (exact) mass is 267 g/mol. The summed E-state index contributed by atoms with van der Waals surface area (Å²) in [5.41, 5.74) is 0.140. The Morgan fingerprint density at radius 2 is 2.13 bits per heavy atom. The van der Waals surface area contributed by atoms with Crippen molar-refractivity contribution in [3.8, 4) is 12.3 Å². The van der Waals surface area contributed by atoms with Crippen molar-refractivity contribution in [3.05, 3.63) is 28.2 Å². The van der Waals surface area contributed by atoms with Crippen molar-refractivity contribution in [2.45, 2.75) is 0 Å². The number of benzene rings is 1. The zero-order valence-electron chi connectivity index (χ0n) is 7.45. The number of carbonyl (C=O) groups excluding carboxylic acids is 1. The van der Waals surface area contributed by atoms with E-state index in [9.17, 15) is 9.59 Å². The van der Waals surface area contributed by atoms with Crippen molar-refractivity contribution >= 4 is 33.5 Å². The first kappa shape index (κ1) is 11.3. The summed E-state index contributed by atoms with van der Waals surface area (Å²) in [5, 5.41) is 11.2. The lowest BCUT2D eigenvalue weighted by Gasteiger charge is -2.07. The molecule has 1 amide bonds. The Morgan fingerprint density at radius 3 is 2.67 bits per heavy atom. The van der Waals surface area contributed by atoms with E-state index in [2.05, 4.69) is 21.2 Å². The third-order valence-corrected chi connectivity index (χ3v) is 2.27. The fourth-order valence-corrected chi connectivity index (χ4v) is 1.44. The third-order valence-electron chi connectivity index (χ3n) is 1.61. The standard InChI is InChI=1S/C10H6BrNO3/c1-2-8(13)12-9-6(10(14)15)4-3-5-7(9)11/h1,3-5H,(H,12,13)(H,14,15). The molecule has 4 nitrogen and oxygen atoms in total. The molecule has 76 valence electrons. The molecule has 1 aromatic carbocycles. The number of hydrogen-bond donors (Lipinski definition) is 2. The Hall–Kier alpha value is -1.80. The SMILES string of the molecule is C#CC(=O)Nc1c(Br)cccc1C(=O)O. The van der Waals surface area contributed by atoms with Gasteiger partial charge in [-0.2, -0.15) is 0 Å². The van der Waals surface area contributed by atoms with Crippen LogP contribution in [0.25, 0.3) is 0 Å². The lowest BCUT2D eigenvalue weighted by molar-refractivity contribution is -0.111. The Kier molecular flexibility index (Phi) is 3.47. The lowest BCUT2D eigenvalue weighted by Crippen LogP contribution is -2.12. The first-order valence-electron chi connectivity index (χ1n) is 3.85. The van der Waals surface area contributed by atoms with Crippen molar-refractivity contribution in [2.24, 2.45) is 0 Å². The number of terminal acetylenes is 1. The number of halogens is 1. The molecule has 0 spiro atoms.